The Balaban J connectivity index is 4.87. The van der Waals surface area contributed by atoms with Gasteiger partial charge in [-0.3, -0.25) is 14.4 Å². The minimum absolute atomic E-state index is 0.267. The number of nitrogens with two attached hydrogens (primary N) is 2. The quantitative estimate of drug-likeness (QED) is 0.165. The Hall–Kier alpha value is -2.24. The molecule has 0 saturated heterocycles. The van der Waals surface area contributed by atoms with E-state index in [2.05, 4.69) is 16.0 Å². The number of carbonyl (C=O) groups excluding carboxylic acids is 3. The first-order chi connectivity index (χ1) is 12.6. The number of aliphatic hydroxyl groups is 1. The highest BCUT2D eigenvalue weighted by Crippen LogP contribution is 2.05. The van der Waals surface area contributed by atoms with Gasteiger partial charge in [-0.1, -0.05) is 13.8 Å². The Morgan fingerprint density at radius 3 is 2.15 bits per heavy atom. The van der Waals surface area contributed by atoms with Crippen LogP contribution in [0.5, 0.6) is 0 Å². The SMILES string of the molecule is CC(C)C(NC(=O)C(CCCCN)NC(=O)CNC(=O)C(N)CO)C(=O)O. The lowest BCUT2D eigenvalue weighted by atomic mass is 10.0. The Morgan fingerprint density at radius 1 is 1.04 bits per heavy atom. The third-order valence-corrected chi connectivity index (χ3v) is 3.79. The molecule has 0 aromatic heterocycles. The standard InChI is InChI=1S/C16H31N5O6/c1-9(2)13(16(26)27)21-15(25)11(5-3-4-6-17)20-12(23)7-19-14(24)10(18)8-22/h9-11,13,22H,3-8,17-18H2,1-2H3,(H,19,24)(H,20,23)(H,21,25)(H,26,27). The molecule has 0 spiro atoms. The molecule has 3 amide bonds. The lowest BCUT2D eigenvalue weighted by Gasteiger charge is -2.23. The van der Waals surface area contributed by atoms with Gasteiger partial charge in [-0.25, -0.2) is 4.79 Å². The van der Waals surface area contributed by atoms with Gasteiger partial charge in [0.25, 0.3) is 0 Å². The van der Waals surface area contributed by atoms with Crippen molar-refractivity contribution in [2.24, 2.45) is 17.4 Å². The summed E-state index contributed by atoms with van der Waals surface area (Å²) in [7, 11) is 0. The molecule has 0 aromatic rings. The van der Waals surface area contributed by atoms with Gasteiger partial charge in [0.15, 0.2) is 0 Å². The second kappa shape index (κ2) is 13.0. The zero-order valence-electron chi connectivity index (χ0n) is 15.7. The van der Waals surface area contributed by atoms with Crippen molar-refractivity contribution in [3.8, 4) is 0 Å². The van der Waals surface area contributed by atoms with Crippen LogP contribution in [0.3, 0.4) is 0 Å². The molecule has 0 bridgehead atoms. The number of carboxylic acids is 1. The fraction of sp³-hybridized carbons (Fsp3) is 0.750. The average Bonchev–Trinajstić information content (AvgIpc) is 2.61. The maximum atomic E-state index is 12.4. The van der Waals surface area contributed by atoms with Crippen LogP contribution in [-0.2, 0) is 19.2 Å². The van der Waals surface area contributed by atoms with Crippen molar-refractivity contribution in [2.75, 3.05) is 19.7 Å². The molecule has 156 valence electrons. The summed E-state index contributed by atoms with van der Waals surface area (Å²) in [4.78, 5) is 47.2. The number of hydrogen-bond acceptors (Lipinski definition) is 7. The molecule has 0 radical (unpaired) electrons. The van der Waals surface area contributed by atoms with Crippen LogP contribution in [0.25, 0.3) is 0 Å². The van der Waals surface area contributed by atoms with E-state index in [0.29, 0.717) is 19.4 Å². The van der Waals surface area contributed by atoms with E-state index < -0.39 is 55.0 Å². The fourth-order valence-corrected chi connectivity index (χ4v) is 2.16. The Morgan fingerprint density at radius 2 is 1.67 bits per heavy atom. The normalized spacial score (nSPS) is 14.1. The minimum atomic E-state index is -1.17. The molecule has 0 saturated carbocycles. The molecule has 0 aromatic carbocycles. The third kappa shape index (κ3) is 9.87. The average molecular weight is 389 g/mol. The van der Waals surface area contributed by atoms with Gasteiger partial charge < -0.3 is 37.6 Å². The molecule has 0 rings (SSSR count). The van der Waals surface area contributed by atoms with Crippen molar-refractivity contribution in [3.05, 3.63) is 0 Å². The van der Waals surface area contributed by atoms with Gasteiger partial charge in [0.1, 0.15) is 18.1 Å². The van der Waals surface area contributed by atoms with E-state index in [0.717, 1.165) is 0 Å². The summed E-state index contributed by atoms with van der Waals surface area (Å²) in [6, 6.07) is -3.20. The molecule has 0 heterocycles. The van der Waals surface area contributed by atoms with Crippen LogP contribution in [0.2, 0.25) is 0 Å². The van der Waals surface area contributed by atoms with Crippen molar-refractivity contribution < 1.29 is 29.4 Å². The topological polar surface area (TPSA) is 197 Å². The van der Waals surface area contributed by atoms with Crippen molar-refractivity contribution >= 4 is 23.7 Å². The minimum Gasteiger partial charge on any atom is -0.480 e. The van der Waals surface area contributed by atoms with Crippen LogP contribution in [0, 0.1) is 5.92 Å². The van der Waals surface area contributed by atoms with E-state index in [1.54, 1.807) is 13.8 Å². The van der Waals surface area contributed by atoms with Crippen LogP contribution in [-0.4, -0.2) is 71.7 Å². The third-order valence-electron chi connectivity index (χ3n) is 3.79. The summed E-state index contributed by atoms with van der Waals surface area (Å²) in [5, 5.41) is 25.1. The highest BCUT2D eigenvalue weighted by atomic mass is 16.4. The highest BCUT2D eigenvalue weighted by molar-refractivity contribution is 5.92. The number of aliphatic carboxylic acids is 1. The summed E-state index contributed by atoms with van der Waals surface area (Å²) < 4.78 is 0. The van der Waals surface area contributed by atoms with Crippen LogP contribution < -0.4 is 27.4 Å². The van der Waals surface area contributed by atoms with Crippen LogP contribution >= 0.6 is 0 Å². The molecule has 9 N–H and O–H groups in total. The van der Waals surface area contributed by atoms with Gasteiger partial charge in [-0.05, 0) is 31.7 Å². The number of amides is 3. The number of aliphatic hydroxyl groups excluding tert-OH is 1. The smallest absolute Gasteiger partial charge is 0.326 e. The molecule has 3 atom stereocenters. The van der Waals surface area contributed by atoms with Crippen LogP contribution in [0.15, 0.2) is 0 Å². The lowest BCUT2D eigenvalue weighted by Crippen LogP contribution is -2.54. The molecule has 0 fully saturated rings. The van der Waals surface area contributed by atoms with E-state index in [1.165, 1.54) is 0 Å². The fourth-order valence-electron chi connectivity index (χ4n) is 2.16. The second-order valence-corrected chi connectivity index (χ2v) is 6.48. The molecular formula is C16H31N5O6. The van der Waals surface area contributed by atoms with Gasteiger partial charge in [-0.15, -0.1) is 0 Å². The Bertz CT molecular complexity index is 514. The van der Waals surface area contributed by atoms with Gasteiger partial charge in [-0.2, -0.15) is 0 Å². The maximum Gasteiger partial charge on any atom is 0.326 e. The Kier molecular flexibility index (Phi) is 11.9. The molecule has 27 heavy (non-hydrogen) atoms. The van der Waals surface area contributed by atoms with Gasteiger partial charge in [0.2, 0.25) is 17.7 Å². The molecule has 0 aliphatic carbocycles. The van der Waals surface area contributed by atoms with Crippen molar-refractivity contribution in [2.45, 2.75) is 51.2 Å². The number of nitrogens with one attached hydrogen (secondary N) is 3. The summed E-state index contributed by atoms with van der Waals surface area (Å²) in [5.41, 5.74) is 10.7. The number of rotatable bonds is 13. The predicted octanol–water partition coefficient (Wildman–Crippen LogP) is -2.74. The maximum absolute atomic E-state index is 12.4. The number of unbranched alkanes of at least 4 members (excludes halogenated alkanes) is 1. The van der Waals surface area contributed by atoms with Gasteiger partial charge >= 0.3 is 5.97 Å². The van der Waals surface area contributed by atoms with Crippen LogP contribution in [0.4, 0.5) is 0 Å². The lowest BCUT2D eigenvalue weighted by molar-refractivity contribution is -0.143. The zero-order valence-corrected chi connectivity index (χ0v) is 15.7. The summed E-state index contributed by atoms with van der Waals surface area (Å²) >= 11 is 0. The molecular weight excluding hydrogens is 358 g/mol. The zero-order chi connectivity index (χ0) is 21.0. The predicted molar refractivity (Wildman–Crippen MR) is 97.3 cm³/mol. The molecule has 11 nitrogen and oxygen atoms in total. The number of carbonyl (C=O) groups is 4. The first-order valence-electron chi connectivity index (χ1n) is 8.80. The van der Waals surface area contributed by atoms with E-state index in [1.807, 2.05) is 0 Å². The highest BCUT2D eigenvalue weighted by Gasteiger charge is 2.28. The number of hydrogen-bond donors (Lipinski definition) is 7. The van der Waals surface area contributed by atoms with Gasteiger partial charge in [0.05, 0.1) is 13.2 Å². The van der Waals surface area contributed by atoms with Crippen molar-refractivity contribution in [3.63, 3.8) is 0 Å². The molecule has 0 aliphatic heterocycles. The second-order valence-electron chi connectivity index (χ2n) is 6.48. The molecule has 3 unspecified atom stereocenters. The number of carboxylic acid groups (broad SMARTS) is 1. The van der Waals surface area contributed by atoms with E-state index >= 15 is 0 Å². The molecule has 11 heteroatoms. The van der Waals surface area contributed by atoms with Crippen molar-refractivity contribution in [1.29, 1.82) is 0 Å². The van der Waals surface area contributed by atoms with E-state index in [-0.39, 0.29) is 12.3 Å². The first-order valence-corrected chi connectivity index (χ1v) is 8.80. The molecule has 0 aliphatic rings. The Labute approximate surface area is 158 Å². The summed E-state index contributed by atoms with van der Waals surface area (Å²) in [5.74, 6) is -3.48. The monoisotopic (exact) mass is 389 g/mol. The van der Waals surface area contributed by atoms with E-state index in [4.69, 9.17) is 16.6 Å². The van der Waals surface area contributed by atoms with Crippen LogP contribution in [0.1, 0.15) is 33.1 Å². The largest absolute Gasteiger partial charge is 0.480 e. The van der Waals surface area contributed by atoms with E-state index in [9.17, 15) is 24.3 Å². The summed E-state index contributed by atoms with van der Waals surface area (Å²) in [6.45, 7) is 2.73. The summed E-state index contributed by atoms with van der Waals surface area (Å²) in [6.07, 6.45) is 1.45. The first kappa shape index (κ1) is 24.8. The van der Waals surface area contributed by atoms with Gasteiger partial charge in [0, 0.05) is 0 Å². The van der Waals surface area contributed by atoms with Crippen molar-refractivity contribution in [1.82, 2.24) is 16.0 Å².